The molecule has 4 heteroatoms. The minimum absolute atomic E-state index is 0.547. The van der Waals surface area contributed by atoms with Crippen molar-refractivity contribution in [2.45, 2.75) is 12.8 Å². The van der Waals surface area contributed by atoms with Crippen molar-refractivity contribution >= 4 is 17.5 Å². The van der Waals surface area contributed by atoms with Crippen LogP contribution in [0.1, 0.15) is 18.4 Å². The molecular weight excluding hydrogens is 310 g/mol. The Morgan fingerprint density at radius 3 is 2.44 bits per heavy atom. The first-order chi connectivity index (χ1) is 12.3. The lowest BCUT2D eigenvalue weighted by Gasteiger charge is -2.43. The maximum atomic E-state index is 5.25. The van der Waals surface area contributed by atoms with Gasteiger partial charge in [0.05, 0.1) is 24.2 Å². The van der Waals surface area contributed by atoms with E-state index in [1.165, 1.54) is 29.8 Å². The summed E-state index contributed by atoms with van der Waals surface area (Å²) in [5.41, 5.74) is 7.86. The summed E-state index contributed by atoms with van der Waals surface area (Å²) >= 11 is 0. The molecule has 0 amide bonds. The summed E-state index contributed by atoms with van der Waals surface area (Å²) in [6, 6.07) is 18.3. The van der Waals surface area contributed by atoms with E-state index in [2.05, 4.69) is 28.5 Å². The van der Waals surface area contributed by atoms with Crippen LogP contribution >= 0.6 is 0 Å². The molecule has 4 nitrogen and oxygen atoms in total. The minimum atomic E-state index is 0.547. The predicted octanol–water partition coefficient (Wildman–Crippen LogP) is 4.23. The van der Waals surface area contributed by atoms with E-state index < -0.39 is 0 Å². The Hall–Kier alpha value is -2.75. The number of nitrogens with one attached hydrogen (secondary N) is 1. The first-order valence-electron chi connectivity index (χ1n) is 8.83. The number of anilines is 1. The van der Waals surface area contributed by atoms with Gasteiger partial charge < -0.3 is 9.64 Å². The van der Waals surface area contributed by atoms with Crippen molar-refractivity contribution in [2.24, 2.45) is 11.0 Å². The van der Waals surface area contributed by atoms with Crippen LogP contribution in [0.3, 0.4) is 0 Å². The van der Waals surface area contributed by atoms with E-state index in [9.17, 15) is 0 Å². The third kappa shape index (κ3) is 3.38. The van der Waals surface area contributed by atoms with E-state index >= 15 is 0 Å². The quantitative estimate of drug-likeness (QED) is 0.851. The number of hydrazone groups is 1. The number of nitrogens with zero attached hydrogens (tertiary/aromatic N) is 2. The van der Waals surface area contributed by atoms with Crippen LogP contribution in [-0.2, 0) is 0 Å². The second-order valence-electron chi connectivity index (χ2n) is 6.54. The molecule has 2 aromatic rings. The summed E-state index contributed by atoms with van der Waals surface area (Å²) in [4.78, 5) is 2.45. The van der Waals surface area contributed by atoms with Crippen LogP contribution in [0.2, 0.25) is 0 Å². The van der Waals surface area contributed by atoms with Gasteiger partial charge in [-0.15, -0.1) is 0 Å². The fraction of sp³-hybridized carbons (Fsp3) is 0.286. The molecule has 3 aliphatic rings. The van der Waals surface area contributed by atoms with Crippen LogP contribution in [-0.4, -0.2) is 30.8 Å². The van der Waals surface area contributed by atoms with Gasteiger partial charge in [-0.1, -0.05) is 30.3 Å². The molecule has 0 spiro atoms. The van der Waals surface area contributed by atoms with E-state index in [4.69, 9.17) is 9.84 Å². The second-order valence-corrected chi connectivity index (χ2v) is 6.54. The van der Waals surface area contributed by atoms with Gasteiger partial charge in [0.15, 0.2) is 0 Å². The molecule has 0 saturated carbocycles. The average Bonchev–Trinajstić information content (AvgIpc) is 2.69. The minimum Gasteiger partial charge on any atom is -0.497 e. The molecule has 0 atom stereocenters. The average molecular weight is 333 g/mol. The van der Waals surface area contributed by atoms with Crippen molar-refractivity contribution < 1.29 is 4.74 Å². The van der Waals surface area contributed by atoms with E-state index in [1.807, 2.05) is 42.5 Å². The SMILES string of the molecule is COc1ccc(C=C2C(=NNc3ccccc3)C3CCN2CC3)cc1. The van der Waals surface area contributed by atoms with Gasteiger partial charge in [0, 0.05) is 19.0 Å². The van der Waals surface area contributed by atoms with Crippen molar-refractivity contribution in [3.8, 4) is 5.75 Å². The molecule has 3 heterocycles. The molecule has 3 aliphatic heterocycles. The van der Waals surface area contributed by atoms with Crippen LogP contribution in [0.4, 0.5) is 5.69 Å². The van der Waals surface area contributed by atoms with Gasteiger partial charge in [-0.05, 0) is 48.7 Å². The summed E-state index contributed by atoms with van der Waals surface area (Å²) in [5, 5.41) is 4.78. The van der Waals surface area contributed by atoms with Gasteiger partial charge in [0.1, 0.15) is 5.75 Å². The van der Waals surface area contributed by atoms with Gasteiger partial charge in [-0.2, -0.15) is 5.10 Å². The Morgan fingerprint density at radius 2 is 1.76 bits per heavy atom. The Balaban J connectivity index is 1.63. The number of hydrogen-bond acceptors (Lipinski definition) is 4. The largest absolute Gasteiger partial charge is 0.497 e. The molecule has 0 unspecified atom stereocenters. The molecule has 0 radical (unpaired) electrons. The number of para-hydroxylation sites is 1. The van der Waals surface area contributed by atoms with E-state index in [-0.39, 0.29) is 0 Å². The van der Waals surface area contributed by atoms with Crippen LogP contribution in [0.25, 0.3) is 6.08 Å². The van der Waals surface area contributed by atoms with Gasteiger partial charge in [0.25, 0.3) is 0 Å². The normalized spacial score (nSPS) is 20.3. The molecule has 1 N–H and O–H groups in total. The van der Waals surface area contributed by atoms with Crippen LogP contribution in [0, 0.1) is 5.92 Å². The van der Waals surface area contributed by atoms with E-state index in [1.54, 1.807) is 7.11 Å². The number of methoxy groups -OCH3 is 1. The number of rotatable bonds is 4. The highest BCUT2D eigenvalue weighted by atomic mass is 16.5. The highest BCUT2D eigenvalue weighted by molar-refractivity contribution is 6.06. The van der Waals surface area contributed by atoms with Crippen LogP contribution in [0.5, 0.6) is 5.75 Å². The summed E-state index contributed by atoms with van der Waals surface area (Å²) in [6.07, 6.45) is 4.63. The topological polar surface area (TPSA) is 36.9 Å². The van der Waals surface area contributed by atoms with E-state index in [0.717, 1.165) is 24.5 Å². The molecule has 3 fully saturated rings. The van der Waals surface area contributed by atoms with Crippen LogP contribution in [0.15, 0.2) is 65.4 Å². The van der Waals surface area contributed by atoms with E-state index in [0.29, 0.717) is 5.92 Å². The lowest BCUT2D eigenvalue weighted by Crippen LogP contribution is -2.46. The maximum Gasteiger partial charge on any atom is 0.118 e. The molecule has 2 aromatic carbocycles. The third-order valence-corrected chi connectivity index (χ3v) is 4.98. The number of benzene rings is 2. The maximum absolute atomic E-state index is 5.25. The monoisotopic (exact) mass is 333 g/mol. The Morgan fingerprint density at radius 1 is 1.04 bits per heavy atom. The Kier molecular flexibility index (Phi) is 4.42. The number of piperidine rings is 3. The van der Waals surface area contributed by atoms with Crippen molar-refractivity contribution in [3.63, 3.8) is 0 Å². The molecule has 5 rings (SSSR count). The number of hydrogen-bond donors (Lipinski definition) is 1. The molecule has 25 heavy (non-hydrogen) atoms. The summed E-state index contributed by atoms with van der Waals surface area (Å²) in [5.74, 6) is 1.43. The van der Waals surface area contributed by atoms with Crippen molar-refractivity contribution in [1.29, 1.82) is 0 Å². The van der Waals surface area contributed by atoms with Crippen molar-refractivity contribution in [2.75, 3.05) is 25.6 Å². The number of fused-ring (bicyclic) bond motifs is 3. The third-order valence-electron chi connectivity index (χ3n) is 4.98. The lowest BCUT2D eigenvalue weighted by molar-refractivity contribution is 0.242. The fourth-order valence-corrected chi connectivity index (χ4v) is 3.57. The molecule has 2 bridgehead atoms. The molecule has 3 saturated heterocycles. The Bertz CT molecular complexity index is 773. The fourth-order valence-electron chi connectivity index (χ4n) is 3.57. The predicted molar refractivity (Wildman–Crippen MR) is 103 cm³/mol. The zero-order valence-electron chi connectivity index (χ0n) is 14.5. The Labute approximate surface area is 148 Å². The molecule has 0 aromatic heterocycles. The van der Waals surface area contributed by atoms with Gasteiger partial charge in [-0.3, -0.25) is 5.43 Å². The molecule has 128 valence electrons. The molecular formula is C21H23N3O. The van der Waals surface area contributed by atoms with Crippen molar-refractivity contribution in [1.82, 2.24) is 4.90 Å². The van der Waals surface area contributed by atoms with Crippen molar-refractivity contribution in [3.05, 3.63) is 65.9 Å². The summed E-state index contributed by atoms with van der Waals surface area (Å²) < 4.78 is 5.25. The van der Waals surface area contributed by atoms with Gasteiger partial charge >= 0.3 is 0 Å². The molecule has 0 aliphatic carbocycles. The number of allylic oxidation sites excluding steroid dienone is 1. The smallest absolute Gasteiger partial charge is 0.118 e. The summed E-state index contributed by atoms with van der Waals surface area (Å²) in [7, 11) is 1.69. The zero-order chi connectivity index (χ0) is 17.1. The highest BCUT2D eigenvalue weighted by Gasteiger charge is 2.34. The van der Waals surface area contributed by atoms with Gasteiger partial charge in [0.2, 0.25) is 0 Å². The lowest BCUT2D eigenvalue weighted by atomic mass is 9.83. The first kappa shape index (κ1) is 15.8. The highest BCUT2D eigenvalue weighted by Crippen LogP contribution is 2.33. The van der Waals surface area contributed by atoms with Crippen LogP contribution < -0.4 is 10.2 Å². The van der Waals surface area contributed by atoms with Gasteiger partial charge in [-0.25, -0.2) is 0 Å². The zero-order valence-corrected chi connectivity index (χ0v) is 14.5. The number of ether oxygens (including phenoxy) is 1. The first-order valence-corrected chi connectivity index (χ1v) is 8.83. The summed E-state index contributed by atoms with van der Waals surface area (Å²) in [6.45, 7) is 2.24. The standard InChI is InChI=1S/C21H23N3O/c1-25-19-9-7-16(8-10-19)15-20-21(17-11-13-24(20)14-12-17)23-22-18-5-3-2-4-6-18/h2-10,15,17,22H,11-14H2,1H3. The second kappa shape index (κ2) is 7.01.